The van der Waals surface area contributed by atoms with E-state index in [1.807, 2.05) is 29.6 Å². The minimum Gasteiger partial charge on any atom is -0.391 e. The van der Waals surface area contributed by atoms with Crippen LogP contribution < -0.4 is 4.90 Å². The molecule has 0 bridgehead atoms. The standard InChI is InChI=1S/C12H13N3OS/c16-9-5-6-15(8-9)12-4-3-10(13-14-12)11-2-1-7-17-11/h1-4,7,9,16H,5-6,8H2. The van der Waals surface area contributed by atoms with Crippen LogP contribution in [0.15, 0.2) is 29.6 Å². The zero-order valence-corrected chi connectivity index (χ0v) is 10.1. The van der Waals surface area contributed by atoms with Gasteiger partial charge in [0.05, 0.1) is 11.0 Å². The lowest BCUT2D eigenvalue weighted by atomic mass is 10.3. The van der Waals surface area contributed by atoms with Crippen molar-refractivity contribution in [2.45, 2.75) is 12.5 Å². The molecular formula is C12H13N3OS. The van der Waals surface area contributed by atoms with Crippen LogP contribution in [0.4, 0.5) is 5.82 Å². The summed E-state index contributed by atoms with van der Waals surface area (Å²) >= 11 is 1.66. The first kappa shape index (κ1) is 10.7. The molecule has 1 aliphatic heterocycles. The van der Waals surface area contributed by atoms with E-state index >= 15 is 0 Å². The molecular weight excluding hydrogens is 234 g/mol. The minimum atomic E-state index is -0.228. The molecule has 1 saturated heterocycles. The topological polar surface area (TPSA) is 49.2 Å². The van der Waals surface area contributed by atoms with Gasteiger partial charge in [0.1, 0.15) is 5.69 Å². The molecule has 4 nitrogen and oxygen atoms in total. The molecule has 2 aromatic rings. The van der Waals surface area contributed by atoms with Crippen molar-refractivity contribution in [2.75, 3.05) is 18.0 Å². The molecule has 2 aromatic heterocycles. The zero-order chi connectivity index (χ0) is 11.7. The number of β-amino-alcohol motifs (C(OH)–C–C–N with tert-alkyl or cyclic N) is 1. The summed E-state index contributed by atoms with van der Waals surface area (Å²) in [5, 5.41) is 20.0. The van der Waals surface area contributed by atoms with Gasteiger partial charge in [0.25, 0.3) is 0 Å². The van der Waals surface area contributed by atoms with E-state index in [1.54, 1.807) is 11.3 Å². The summed E-state index contributed by atoms with van der Waals surface area (Å²) in [6.45, 7) is 1.52. The molecule has 3 heterocycles. The van der Waals surface area contributed by atoms with E-state index in [1.165, 1.54) is 0 Å². The van der Waals surface area contributed by atoms with Gasteiger partial charge in [0.2, 0.25) is 0 Å². The van der Waals surface area contributed by atoms with Crippen LogP contribution in [0.5, 0.6) is 0 Å². The van der Waals surface area contributed by atoms with Gasteiger partial charge in [-0.2, -0.15) is 0 Å². The molecule has 1 fully saturated rings. The number of rotatable bonds is 2. The Kier molecular flexibility index (Phi) is 2.78. The van der Waals surface area contributed by atoms with Crippen LogP contribution in [0.1, 0.15) is 6.42 Å². The second kappa shape index (κ2) is 4.43. The number of aromatic nitrogens is 2. The Bertz CT molecular complexity index is 483. The Morgan fingerprint density at radius 3 is 2.82 bits per heavy atom. The van der Waals surface area contributed by atoms with Crippen LogP contribution in [0.2, 0.25) is 0 Å². The fourth-order valence-corrected chi connectivity index (χ4v) is 2.69. The smallest absolute Gasteiger partial charge is 0.151 e. The Morgan fingerprint density at radius 2 is 2.24 bits per heavy atom. The van der Waals surface area contributed by atoms with Crippen LogP contribution in [0, 0.1) is 0 Å². The third-order valence-electron chi connectivity index (χ3n) is 2.91. The first-order valence-electron chi connectivity index (χ1n) is 5.63. The predicted octanol–water partition coefficient (Wildman–Crippen LogP) is 1.78. The SMILES string of the molecule is OC1CCN(c2ccc(-c3cccs3)nn2)C1. The van der Waals surface area contributed by atoms with Crippen LogP contribution >= 0.6 is 11.3 Å². The lowest BCUT2D eigenvalue weighted by molar-refractivity contribution is 0.198. The Morgan fingerprint density at radius 1 is 1.29 bits per heavy atom. The highest BCUT2D eigenvalue weighted by Crippen LogP contribution is 2.24. The van der Waals surface area contributed by atoms with E-state index in [0.29, 0.717) is 6.54 Å². The van der Waals surface area contributed by atoms with E-state index in [0.717, 1.165) is 29.4 Å². The monoisotopic (exact) mass is 247 g/mol. The van der Waals surface area contributed by atoms with Gasteiger partial charge < -0.3 is 10.0 Å². The van der Waals surface area contributed by atoms with Crippen molar-refractivity contribution in [3.63, 3.8) is 0 Å². The Hall–Kier alpha value is -1.46. The largest absolute Gasteiger partial charge is 0.391 e. The number of anilines is 1. The van der Waals surface area contributed by atoms with Crippen molar-refractivity contribution in [3.8, 4) is 10.6 Å². The van der Waals surface area contributed by atoms with E-state index < -0.39 is 0 Å². The number of thiophene rings is 1. The van der Waals surface area contributed by atoms with Crippen molar-refractivity contribution < 1.29 is 5.11 Å². The van der Waals surface area contributed by atoms with Gasteiger partial charge in [-0.15, -0.1) is 21.5 Å². The fraction of sp³-hybridized carbons (Fsp3) is 0.333. The number of nitrogens with zero attached hydrogens (tertiary/aromatic N) is 3. The predicted molar refractivity (Wildman–Crippen MR) is 68.2 cm³/mol. The van der Waals surface area contributed by atoms with E-state index in [-0.39, 0.29) is 6.10 Å². The van der Waals surface area contributed by atoms with Gasteiger partial charge in [-0.3, -0.25) is 0 Å². The molecule has 0 amide bonds. The summed E-state index contributed by atoms with van der Waals surface area (Å²) in [6.07, 6.45) is 0.586. The molecule has 0 aromatic carbocycles. The normalized spacial score (nSPS) is 19.8. The molecule has 3 rings (SSSR count). The van der Waals surface area contributed by atoms with Crippen molar-refractivity contribution in [2.24, 2.45) is 0 Å². The molecule has 1 atom stereocenters. The molecule has 1 N–H and O–H groups in total. The third-order valence-corrected chi connectivity index (χ3v) is 3.80. The van der Waals surface area contributed by atoms with E-state index in [4.69, 9.17) is 0 Å². The molecule has 0 spiro atoms. The molecule has 0 aliphatic carbocycles. The average Bonchev–Trinajstić information content (AvgIpc) is 3.00. The van der Waals surface area contributed by atoms with E-state index in [9.17, 15) is 5.11 Å². The fourth-order valence-electron chi connectivity index (χ4n) is 2.00. The summed E-state index contributed by atoms with van der Waals surface area (Å²) in [5.41, 5.74) is 0.906. The molecule has 0 saturated carbocycles. The number of aliphatic hydroxyl groups excluding tert-OH is 1. The summed E-state index contributed by atoms with van der Waals surface area (Å²) in [4.78, 5) is 3.20. The maximum atomic E-state index is 9.48. The molecule has 88 valence electrons. The molecule has 0 radical (unpaired) electrons. The van der Waals surface area contributed by atoms with Crippen molar-refractivity contribution in [3.05, 3.63) is 29.6 Å². The molecule has 5 heteroatoms. The number of hydrogen-bond donors (Lipinski definition) is 1. The van der Waals surface area contributed by atoms with Gasteiger partial charge in [-0.25, -0.2) is 0 Å². The Labute approximate surface area is 104 Å². The highest BCUT2D eigenvalue weighted by Gasteiger charge is 2.21. The van der Waals surface area contributed by atoms with Gasteiger partial charge in [-0.1, -0.05) is 6.07 Å². The van der Waals surface area contributed by atoms with Gasteiger partial charge in [0.15, 0.2) is 5.82 Å². The van der Waals surface area contributed by atoms with E-state index in [2.05, 4.69) is 15.1 Å². The van der Waals surface area contributed by atoms with Crippen LogP contribution in [-0.2, 0) is 0 Å². The second-order valence-corrected chi connectivity index (χ2v) is 5.09. The number of aliphatic hydroxyl groups is 1. The van der Waals surface area contributed by atoms with Crippen molar-refractivity contribution in [1.29, 1.82) is 0 Å². The van der Waals surface area contributed by atoms with Gasteiger partial charge in [-0.05, 0) is 30.0 Å². The summed E-state index contributed by atoms with van der Waals surface area (Å²) in [6, 6.07) is 8.00. The molecule has 1 aliphatic rings. The van der Waals surface area contributed by atoms with Crippen LogP contribution in [0.25, 0.3) is 10.6 Å². The maximum Gasteiger partial charge on any atom is 0.151 e. The maximum absolute atomic E-state index is 9.48. The average molecular weight is 247 g/mol. The minimum absolute atomic E-state index is 0.228. The first-order valence-corrected chi connectivity index (χ1v) is 6.51. The first-order chi connectivity index (χ1) is 8.33. The summed E-state index contributed by atoms with van der Waals surface area (Å²) < 4.78 is 0. The summed E-state index contributed by atoms with van der Waals surface area (Å²) in [5.74, 6) is 0.849. The zero-order valence-electron chi connectivity index (χ0n) is 9.28. The van der Waals surface area contributed by atoms with Gasteiger partial charge >= 0.3 is 0 Å². The third kappa shape index (κ3) is 2.16. The Balaban J connectivity index is 1.81. The van der Waals surface area contributed by atoms with Gasteiger partial charge in [0, 0.05) is 13.1 Å². The lowest BCUT2D eigenvalue weighted by Gasteiger charge is -2.15. The highest BCUT2D eigenvalue weighted by atomic mass is 32.1. The summed E-state index contributed by atoms with van der Waals surface area (Å²) in [7, 11) is 0. The van der Waals surface area contributed by atoms with Crippen molar-refractivity contribution >= 4 is 17.2 Å². The number of hydrogen-bond acceptors (Lipinski definition) is 5. The van der Waals surface area contributed by atoms with Crippen LogP contribution in [0.3, 0.4) is 0 Å². The quantitative estimate of drug-likeness (QED) is 0.878. The highest BCUT2D eigenvalue weighted by molar-refractivity contribution is 7.13. The van der Waals surface area contributed by atoms with Crippen molar-refractivity contribution in [1.82, 2.24) is 10.2 Å². The molecule has 1 unspecified atom stereocenters. The van der Waals surface area contributed by atoms with Crippen LogP contribution in [-0.4, -0.2) is 34.5 Å². The lowest BCUT2D eigenvalue weighted by Crippen LogP contribution is -2.22. The molecule has 17 heavy (non-hydrogen) atoms. The second-order valence-electron chi connectivity index (χ2n) is 4.14.